The molecule has 0 heterocycles. The molecule has 0 atom stereocenters. The zero-order valence-electron chi connectivity index (χ0n) is 12.4. The molecule has 0 aromatic heterocycles. The van der Waals surface area contributed by atoms with Gasteiger partial charge in [-0.3, -0.25) is 10.1 Å². The molecule has 0 fully saturated rings. The van der Waals surface area contributed by atoms with Crippen LogP contribution in [0.4, 0.5) is 4.79 Å². The smallest absolute Gasteiger partial charge is 0.321 e. The fraction of sp³-hybridized carbons (Fsp3) is 0.400. The number of aryl methyl sites for hydroxylation is 1. The van der Waals surface area contributed by atoms with Gasteiger partial charge in [0.1, 0.15) is 0 Å². The Hall–Kier alpha value is -2.37. The third-order valence-corrected chi connectivity index (χ3v) is 2.62. The highest BCUT2D eigenvalue weighted by molar-refractivity contribution is 5.94. The molecule has 2 N–H and O–H groups in total. The average Bonchev–Trinajstić information content (AvgIpc) is 2.46. The third-order valence-electron chi connectivity index (χ3n) is 2.62. The van der Waals surface area contributed by atoms with Crippen LogP contribution >= 0.6 is 0 Å². The predicted molar refractivity (Wildman–Crippen MR) is 81.2 cm³/mol. The normalized spacial score (nSPS) is 10.4. The van der Waals surface area contributed by atoms with E-state index in [1.165, 1.54) is 6.21 Å². The van der Waals surface area contributed by atoms with E-state index in [4.69, 9.17) is 4.84 Å². The number of carbonyl (C=O) groups is 2. The van der Waals surface area contributed by atoms with E-state index in [2.05, 4.69) is 15.8 Å². The lowest BCUT2D eigenvalue weighted by Crippen LogP contribution is -2.41. The molecular weight excluding hydrogens is 270 g/mol. The van der Waals surface area contributed by atoms with Crippen molar-refractivity contribution in [2.75, 3.05) is 13.2 Å². The van der Waals surface area contributed by atoms with Crippen LogP contribution in [0.2, 0.25) is 0 Å². The zero-order valence-corrected chi connectivity index (χ0v) is 12.4. The number of rotatable bonds is 7. The van der Waals surface area contributed by atoms with Crippen molar-refractivity contribution in [1.82, 2.24) is 10.6 Å². The van der Waals surface area contributed by atoms with Gasteiger partial charge in [-0.25, -0.2) is 4.79 Å². The molecule has 0 saturated carbocycles. The predicted octanol–water partition coefficient (Wildman–Crippen LogP) is 1.97. The molecule has 1 aromatic carbocycles. The van der Waals surface area contributed by atoms with Crippen LogP contribution < -0.4 is 10.6 Å². The number of imide groups is 1. The summed E-state index contributed by atoms with van der Waals surface area (Å²) in [5.41, 5.74) is 2.03. The molecule has 0 aliphatic heterocycles. The van der Waals surface area contributed by atoms with Crippen molar-refractivity contribution in [2.45, 2.75) is 26.7 Å². The fourth-order valence-electron chi connectivity index (χ4n) is 1.43. The fourth-order valence-corrected chi connectivity index (χ4v) is 1.43. The Bertz CT molecular complexity index is 483. The molecule has 21 heavy (non-hydrogen) atoms. The second-order valence-electron chi connectivity index (χ2n) is 4.58. The Kier molecular flexibility index (Phi) is 7.56. The van der Waals surface area contributed by atoms with Crippen LogP contribution in [-0.4, -0.2) is 31.3 Å². The molecule has 0 aliphatic carbocycles. The summed E-state index contributed by atoms with van der Waals surface area (Å²) in [6, 6.07) is 7.18. The van der Waals surface area contributed by atoms with Gasteiger partial charge in [0.15, 0.2) is 6.61 Å². The first kappa shape index (κ1) is 16.7. The number of urea groups is 1. The number of amides is 3. The highest BCUT2D eigenvalue weighted by Crippen LogP contribution is 2.00. The Morgan fingerprint density at radius 3 is 2.67 bits per heavy atom. The van der Waals surface area contributed by atoms with Crippen molar-refractivity contribution in [1.29, 1.82) is 0 Å². The minimum Gasteiger partial charge on any atom is -0.386 e. The summed E-state index contributed by atoms with van der Waals surface area (Å²) in [4.78, 5) is 27.5. The van der Waals surface area contributed by atoms with Gasteiger partial charge in [0, 0.05) is 6.54 Å². The maximum atomic E-state index is 11.4. The SMILES string of the molecule is CCCCNC(=O)NC(=O)CO/N=C\c1ccc(C)cc1. The number of benzene rings is 1. The van der Waals surface area contributed by atoms with Gasteiger partial charge in [-0.1, -0.05) is 48.3 Å². The van der Waals surface area contributed by atoms with Crippen molar-refractivity contribution in [3.05, 3.63) is 35.4 Å². The molecule has 0 bridgehead atoms. The van der Waals surface area contributed by atoms with E-state index >= 15 is 0 Å². The first-order valence-corrected chi connectivity index (χ1v) is 6.91. The summed E-state index contributed by atoms with van der Waals surface area (Å²) in [5.74, 6) is -0.537. The lowest BCUT2D eigenvalue weighted by Gasteiger charge is -2.05. The number of oxime groups is 1. The quantitative estimate of drug-likeness (QED) is 0.458. The summed E-state index contributed by atoms with van der Waals surface area (Å²) < 4.78 is 0. The van der Waals surface area contributed by atoms with Crippen LogP contribution in [0.15, 0.2) is 29.4 Å². The molecule has 3 amide bonds. The van der Waals surface area contributed by atoms with Crippen molar-refractivity contribution in [3.8, 4) is 0 Å². The van der Waals surface area contributed by atoms with Gasteiger partial charge < -0.3 is 10.2 Å². The summed E-state index contributed by atoms with van der Waals surface area (Å²) in [5, 5.41) is 8.40. The molecule has 1 rings (SSSR count). The van der Waals surface area contributed by atoms with E-state index in [0.29, 0.717) is 6.54 Å². The monoisotopic (exact) mass is 291 g/mol. The number of hydrogen-bond donors (Lipinski definition) is 2. The molecule has 6 heteroatoms. The standard InChI is InChI=1S/C15H21N3O3/c1-3-4-9-16-15(20)18-14(19)11-21-17-10-13-7-5-12(2)6-8-13/h5-8,10H,3-4,9,11H2,1-2H3,(H2,16,18,19,20)/b17-10-. The summed E-state index contributed by atoms with van der Waals surface area (Å²) >= 11 is 0. The van der Waals surface area contributed by atoms with Crippen LogP contribution in [0.3, 0.4) is 0 Å². The first-order chi connectivity index (χ1) is 10.1. The van der Waals surface area contributed by atoms with E-state index in [-0.39, 0.29) is 6.61 Å². The van der Waals surface area contributed by atoms with Gasteiger partial charge in [-0.15, -0.1) is 0 Å². The van der Waals surface area contributed by atoms with Crippen molar-refractivity contribution in [3.63, 3.8) is 0 Å². The average molecular weight is 291 g/mol. The van der Waals surface area contributed by atoms with E-state index in [1.54, 1.807) is 0 Å². The minimum atomic E-state index is -0.537. The molecule has 0 unspecified atom stereocenters. The number of nitrogens with one attached hydrogen (secondary N) is 2. The van der Waals surface area contributed by atoms with Crippen LogP contribution in [0.25, 0.3) is 0 Å². The molecule has 0 radical (unpaired) electrons. The molecule has 1 aromatic rings. The Morgan fingerprint density at radius 2 is 2.00 bits per heavy atom. The van der Waals surface area contributed by atoms with Gasteiger partial charge in [0.2, 0.25) is 0 Å². The van der Waals surface area contributed by atoms with Crippen LogP contribution in [-0.2, 0) is 9.63 Å². The zero-order chi connectivity index (χ0) is 15.5. The van der Waals surface area contributed by atoms with Gasteiger partial charge in [-0.05, 0) is 18.9 Å². The number of nitrogens with zero attached hydrogens (tertiary/aromatic N) is 1. The maximum absolute atomic E-state index is 11.4. The molecule has 6 nitrogen and oxygen atoms in total. The molecule has 114 valence electrons. The molecular formula is C15H21N3O3. The molecule has 0 aliphatic rings. The second kappa shape index (κ2) is 9.52. The number of hydrogen-bond acceptors (Lipinski definition) is 4. The van der Waals surface area contributed by atoms with Crippen LogP contribution in [0.5, 0.6) is 0 Å². The van der Waals surface area contributed by atoms with Gasteiger partial charge in [-0.2, -0.15) is 0 Å². The van der Waals surface area contributed by atoms with Crippen molar-refractivity contribution in [2.24, 2.45) is 5.16 Å². The van der Waals surface area contributed by atoms with Gasteiger partial charge in [0.25, 0.3) is 5.91 Å². The van der Waals surface area contributed by atoms with E-state index in [0.717, 1.165) is 24.0 Å². The maximum Gasteiger partial charge on any atom is 0.321 e. The Morgan fingerprint density at radius 1 is 1.29 bits per heavy atom. The van der Waals surface area contributed by atoms with Crippen molar-refractivity contribution >= 4 is 18.2 Å². The van der Waals surface area contributed by atoms with Crippen LogP contribution in [0, 0.1) is 6.92 Å². The lowest BCUT2D eigenvalue weighted by molar-refractivity contribution is -0.124. The third kappa shape index (κ3) is 7.71. The second-order valence-corrected chi connectivity index (χ2v) is 4.58. The molecule has 0 spiro atoms. The van der Waals surface area contributed by atoms with E-state index in [1.807, 2.05) is 38.1 Å². The van der Waals surface area contributed by atoms with Crippen LogP contribution in [0.1, 0.15) is 30.9 Å². The first-order valence-electron chi connectivity index (χ1n) is 6.91. The topological polar surface area (TPSA) is 79.8 Å². The van der Waals surface area contributed by atoms with Crippen molar-refractivity contribution < 1.29 is 14.4 Å². The summed E-state index contributed by atoms with van der Waals surface area (Å²) in [7, 11) is 0. The lowest BCUT2D eigenvalue weighted by atomic mass is 10.2. The number of carbonyl (C=O) groups excluding carboxylic acids is 2. The van der Waals surface area contributed by atoms with E-state index < -0.39 is 11.9 Å². The Balaban J connectivity index is 2.21. The van der Waals surface area contributed by atoms with Gasteiger partial charge >= 0.3 is 6.03 Å². The minimum absolute atomic E-state index is 0.302. The van der Waals surface area contributed by atoms with E-state index in [9.17, 15) is 9.59 Å². The summed E-state index contributed by atoms with van der Waals surface area (Å²) in [6.45, 7) is 4.25. The highest BCUT2D eigenvalue weighted by atomic mass is 16.6. The van der Waals surface area contributed by atoms with Gasteiger partial charge in [0.05, 0.1) is 6.21 Å². The molecule has 0 saturated heterocycles. The number of unbranched alkanes of at least 4 members (excludes halogenated alkanes) is 1. The summed E-state index contributed by atoms with van der Waals surface area (Å²) in [6.07, 6.45) is 3.36. The highest BCUT2D eigenvalue weighted by Gasteiger charge is 2.06. The largest absolute Gasteiger partial charge is 0.386 e. The Labute approximate surface area is 124 Å².